The lowest BCUT2D eigenvalue weighted by Gasteiger charge is -2.34. The van der Waals surface area contributed by atoms with Crippen molar-refractivity contribution in [2.75, 3.05) is 10.8 Å². The maximum Gasteiger partial charge on any atom is 0.417 e. The summed E-state index contributed by atoms with van der Waals surface area (Å²) in [4.78, 5) is 13.5. The lowest BCUT2D eigenvalue weighted by molar-refractivity contribution is -0.150. The molecule has 2 bridgehead atoms. The molecule has 11 heteroatoms. The van der Waals surface area contributed by atoms with Crippen LogP contribution in [0.3, 0.4) is 0 Å². The van der Waals surface area contributed by atoms with Crippen LogP contribution in [0.5, 0.6) is 0 Å². The number of halogens is 3. The molecule has 3 saturated heterocycles. The summed E-state index contributed by atoms with van der Waals surface area (Å²) in [7, 11) is -4.55. The second-order valence-corrected chi connectivity index (χ2v) is 11.3. The van der Waals surface area contributed by atoms with Crippen molar-refractivity contribution in [3.05, 3.63) is 65.2 Å². The summed E-state index contributed by atoms with van der Waals surface area (Å²) in [5.74, 6) is -1.81. The Morgan fingerprint density at radius 2 is 1.97 bits per heavy atom. The molecule has 2 aromatic carbocycles. The van der Waals surface area contributed by atoms with Crippen LogP contribution < -0.4 is 4.31 Å². The van der Waals surface area contributed by atoms with Crippen molar-refractivity contribution in [3.8, 4) is 6.07 Å². The summed E-state index contributed by atoms with van der Waals surface area (Å²) < 4.78 is 79.0. The molecule has 3 aliphatic rings. The van der Waals surface area contributed by atoms with Crippen LogP contribution >= 0.6 is 0 Å². The summed E-state index contributed by atoms with van der Waals surface area (Å²) in [6, 6.07) is 13.0. The molecule has 3 aliphatic heterocycles. The topological polar surface area (TPSA) is 96.7 Å². The largest absolute Gasteiger partial charge is 0.460 e. The predicted molar refractivity (Wildman–Crippen MR) is 117 cm³/mol. The van der Waals surface area contributed by atoms with E-state index in [-0.39, 0.29) is 18.8 Å². The molecular formula is C24H21F3N2O5S. The standard InChI is InChI=1S/C24H21F3N2O5S/c1-22-10-9-20(34-22)23(21(30)33-14-15-5-3-2-4-6-15)19(22)13-29(35(23,31)32)17-8-7-16(12-28)18(11-17)24(25,26)27/h2-8,11,19-20H,9-10,13-14H2,1H3/t19-,20-,22-,23-/m1/s1. The van der Waals surface area contributed by atoms with Gasteiger partial charge < -0.3 is 9.47 Å². The molecule has 184 valence electrons. The van der Waals surface area contributed by atoms with E-state index in [1.165, 1.54) is 6.07 Å². The molecular weight excluding hydrogens is 485 g/mol. The fourth-order valence-corrected chi connectivity index (χ4v) is 8.25. The summed E-state index contributed by atoms with van der Waals surface area (Å²) in [5, 5.41) is 9.09. The van der Waals surface area contributed by atoms with Crippen molar-refractivity contribution in [3.63, 3.8) is 0 Å². The van der Waals surface area contributed by atoms with Crippen LogP contribution in [0.1, 0.15) is 36.5 Å². The van der Waals surface area contributed by atoms with E-state index in [0.717, 1.165) is 16.4 Å². The average molecular weight is 507 g/mol. The smallest absolute Gasteiger partial charge is 0.417 e. The minimum Gasteiger partial charge on any atom is -0.460 e. The Labute approximate surface area is 200 Å². The molecule has 7 nitrogen and oxygen atoms in total. The first kappa shape index (κ1) is 23.6. The molecule has 0 aromatic heterocycles. The van der Waals surface area contributed by atoms with Crippen LogP contribution in [0.15, 0.2) is 48.5 Å². The highest BCUT2D eigenvalue weighted by Crippen LogP contribution is 2.61. The van der Waals surface area contributed by atoms with Gasteiger partial charge >= 0.3 is 12.1 Å². The van der Waals surface area contributed by atoms with Gasteiger partial charge in [0.05, 0.1) is 34.6 Å². The van der Waals surface area contributed by atoms with Crippen LogP contribution in [0.2, 0.25) is 0 Å². The van der Waals surface area contributed by atoms with Gasteiger partial charge in [-0.25, -0.2) is 8.42 Å². The number of esters is 1. The summed E-state index contributed by atoms with van der Waals surface area (Å²) in [5.41, 5.74) is -2.40. The molecule has 0 aliphatic carbocycles. The molecule has 35 heavy (non-hydrogen) atoms. The molecule has 3 fully saturated rings. The van der Waals surface area contributed by atoms with Gasteiger partial charge in [-0.1, -0.05) is 30.3 Å². The fourth-order valence-electron chi connectivity index (χ4n) is 5.70. The van der Waals surface area contributed by atoms with Crippen molar-refractivity contribution in [2.45, 2.75) is 49.0 Å². The lowest BCUT2D eigenvalue weighted by Crippen LogP contribution is -2.58. The van der Waals surface area contributed by atoms with Crippen LogP contribution in [0, 0.1) is 17.2 Å². The van der Waals surface area contributed by atoms with E-state index in [0.29, 0.717) is 24.5 Å². The second kappa shape index (κ2) is 7.70. The lowest BCUT2D eigenvalue weighted by atomic mass is 9.72. The maximum absolute atomic E-state index is 14.0. The SMILES string of the molecule is C[C@]12CC[C@@H](O1)[C@@]1(C(=O)OCc3ccccc3)[C@@H]2CN(c2ccc(C#N)c(C(F)(F)F)c2)S1(=O)=O. The van der Waals surface area contributed by atoms with Gasteiger partial charge in [-0.05, 0) is 43.5 Å². The zero-order valence-electron chi connectivity index (χ0n) is 18.6. The number of carbonyl (C=O) groups is 1. The van der Waals surface area contributed by atoms with Crippen molar-refractivity contribution in [1.29, 1.82) is 5.26 Å². The van der Waals surface area contributed by atoms with Crippen LogP contribution in [0.25, 0.3) is 0 Å². The third-order valence-electron chi connectivity index (χ3n) is 7.36. The molecule has 0 amide bonds. The highest BCUT2D eigenvalue weighted by molar-refractivity contribution is 7.95. The molecule has 4 atom stereocenters. The third-order valence-corrected chi connectivity index (χ3v) is 9.87. The van der Waals surface area contributed by atoms with Crippen LogP contribution in [0.4, 0.5) is 18.9 Å². The summed E-state index contributed by atoms with van der Waals surface area (Å²) >= 11 is 0. The van der Waals surface area contributed by atoms with Crippen LogP contribution in [-0.2, 0) is 37.1 Å². The number of anilines is 1. The van der Waals surface area contributed by atoms with E-state index in [2.05, 4.69) is 0 Å². The highest BCUT2D eigenvalue weighted by atomic mass is 32.2. The second-order valence-electron chi connectivity index (χ2n) is 9.24. The number of benzene rings is 2. The van der Waals surface area contributed by atoms with E-state index in [9.17, 15) is 26.4 Å². The number of nitrogens with zero attached hydrogens (tertiary/aromatic N) is 2. The number of hydrogen-bond donors (Lipinski definition) is 0. The van der Waals surface area contributed by atoms with E-state index in [4.69, 9.17) is 14.7 Å². The number of carbonyl (C=O) groups excluding carboxylic acids is 1. The van der Waals surface area contributed by atoms with Gasteiger partial charge in [0.15, 0.2) is 0 Å². The van der Waals surface area contributed by atoms with Crippen molar-refractivity contribution >= 4 is 21.7 Å². The Morgan fingerprint density at radius 1 is 1.26 bits per heavy atom. The number of alkyl halides is 3. The van der Waals surface area contributed by atoms with Gasteiger partial charge in [-0.15, -0.1) is 0 Å². The zero-order valence-corrected chi connectivity index (χ0v) is 19.4. The number of rotatable bonds is 4. The van der Waals surface area contributed by atoms with Crippen molar-refractivity contribution < 1.29 is 35.9 Å². The van der Waals surface area contributed by atoms with Crippen LogP contribution in [-0.4, -0.2) is 37.4 Å². The maximum atomic E-state index is 14.0. The van der Waals surface area contributed by atoms with Gasteiger partial charge in [0, 0.05) is 12.5 Å². The predicted octanol–water partition coefficient (Wildman–Crippen LogP) is 3.78. The molecule has 2 aromatic rings. The molecule has 0 unspecified atom stereocenters. The van der Waals surface area contributed by atoms with Crippen molar-refractivity contribution in [2.24, 2.45) is 5.92 Å². The first-order chi connectivity index (χ1) is 16.4. The van der Waals surface area contributed by atoms with E-state index >= 15 is 0 Å². The number of sulfonamides is 1. The molecule has 5 rings (SSSR count). The molecule has 0 N–H and O–H groups in total. The molecule has 0 saturated carbocycles. The first-order valence-electron chi connectivity index (χ1n) is 11.0. The fraction of sp³-hybridized carbons (Fsp3) is 0.417. The van der Waals surface area contributed by atoms with Gasteiger partial charge in [-0.2, -0.15) is 18.4 Å². The van der Waals surface area contributed by atoms with E-state index < -0.39 is 55.7 Å². The minimum atomic E-state index is -4.86. The highest BCUT2D eigenvalue weighted by Gasteiger charge is 2.80. The number of hydrogen-bond acceptors (Lipinski definition) is 6. The zero-order chi connectivity index (χ0) is 25.2. The summed E-state index contributed by atoms with van der Waals surface area (Å²) in [6.45, 7) is 1.34. The Bertz CT molecular complexity index is 1340. The van der Waals surface area contributed by atoms with Crippen molar-refractivity contribution in [1.82, 2.24) is 0 Å². The monoisotopic (exact) mass is 506 g/mol. The molecule has 3 heterocycles. The number of nitriles is 1. The third kappa shape index (κ3) is 3.27. The number of fused-ring (bicyclic) bond motifs is 5. The first-order valence-corrected chi connectivity index (χ1v) is 12.4. The number of ether oxygens (including phenoxy) is 2. The van der Waals surface area contributed by atoms with Gasteiger partial charge in [-0.3, -0.25) is 9.10 Å². The van der Waals surface area contributed by atoms with E-state index in [1.807, 2.05) is 0 Å². The molecule has 0 spiro atoms. The van der Waals surface area contributed by atoms with Gasteiger partial charge in [0.1, 0.15) is 6.61 Å². The Balaban J connectivity index is 1.58. The Hall–Kier alpha value is -3.10. The normalized spacial score (nSPS) is 30.7. The quantitative estimate of drug-likeness (QED) is 0.586. The average Bonchev–Trinajstić information content (AvgIpc) is 3.42. The van der Waals surface area contributed by atoms with Gasteiger partial charge in [0.25, 0.3) is 10.0 Å². The Morgan fingerprint density at radius 3 is 2.63 bits per heavy atom. The minimum absolute atomic E-state index is 0.151. The molecule has 0 radical (unpaired) electrons. The van der Waals surface area contributed by atoms with E-state index in [1.54, 1.807) is 37.3 Å². The Kier molecular flexibility index (Phi) is 5.20. The summed E-state index contributed by atoms with van der Waals surface area (Å²) in [6.07, 6.45) is -5.01. The van der Waals surface area contributed by atoms with Gasteiger partial charge in [0.2, 0.25) is 4.75 Å².